The lowest BCUT2D eigenvalue weighted by Crippen LogP contribution is -2.33. The van der Waals surface area contributed by atoms with Gasteiger partial charge < -0.3 is 19.3 Å². The van der Waals surface area contributed by atoms with E-state index in [-0.39, 0.29) is 45.9 Å². The fraction of sp³-hybridized carbons (Fsp3) is 0.474. The first kappa shape index (κ1) is 48.9. The largest absolute Gasteiger partial charge is 0.489 e. The number of allylic oxidation sites excluding steroid dienone is 4. The first-order valence-corrected chi connectivity index (χ1v) is 22.8. The van der Waals surface area contributed by atoms with Crippen molar-refractivity contribution in [3.8, 4) is 11.5 Å². The fourth-order valence-corrected chi connectivity index (χ4v) is 9.21. The highest BCUT2D eigenvalue weighted by Gasteiger charge is 2.38. The van der Waals surface area contributed by atoms with Gasteiger partial charge in [-0.2, -0.15) is 0 Å². The van der Waals surface area contributed by atoms with Gasteiger partial charge in [-0.3, -0.25) is 9.59 Å². The molecule has 0 spiro atoms. The summed E-state index contributed by atoms with van der Waals surface area (Å²) in [4.78, 5) is 23.0. The van der Waals surface area contributed by atoms with Crippen LogP contribution in [0.15, 0.2) is 108 Å². The van der Waals surface area contributed by atoms with Crippen molar-refractivity contribution in [1.29, 1.82) is 0 Å². The number of rotatable bonds is 14. The van der Waals surface area contributed by atoms with Gasteiger partial charge >= 0.3 is 11.9 Å². The normalized spacial score (nSPS) is 17.2. The average molecular weight is 855 g/mol. The summed E-state index contributed by atoms with van der Waals surface area (Å²) in [5, 5.41) is 9.22. The van der Waals surface area contributed by atoms with E-state index in [0.29, 0.717) is 19.6 Å². The Labute approximate surface area is 379 Å². The quantitative estimate of drug-likeness (QED) is 0.100. The first-order chi connectivity index (χ1) is 29.5. The van der Waals surface area contributed by atoms with E-state index in [1.165, 1.54) is 71.7 Å². The predicted molar refractivity (Wildman–Crippen MR) is 258 cm³/mol. The van der Waals surface area contributed by atoms with Gasteiger partial charge in [0.2, 0.25) is 0 Å². The molecule has 0 amide bonds. The SMILES string of the molecule is CC(C)=C[C@@H](CC(=O)O)c1ccc(OCc2ccc3c(c2)C(C)(C)CCC3(C)C)cc1.COC(=O)C[C@H](C=C(C)C)c1ccc(OCc2ccc3c(c2)C(C)(C)CCC3(C)C)cc1. The van der Waals surface area contributed by atoms with E-state index >= 15 is 0 Å². The molecular weight excluding hydrogens is 781 g/mol. The third kappa shape index (κ3) is 13.0. The number of ether oxygens (including phenoxy) is 3. The van der Waals surface area contributed by atoms with E-state index < -0.39 is 5.97 Å². The van der Waals surface area contributed by atoms with Gasteiger partial charge in [0.15, 0.2) is 0 Å². The molecule has 6 heteroatoms. The van der Waals surface area contributed by atoms with Crippen LogP contribution >= 0.6 is 0 Å². The molecule has 6 rings (SSSR count). The molecule has 0 unspecified atom stereocenters. The van der Waals surface area contributed by atoms with Crippen molar-refractivity contribution >= 4 is 11.9 Å². The van der Waals surface area contributed by atoms with E-state index in [9.17, 15) is 14.7 Å². The predicted octanol–water partition coefficient (Wildman–Crippen LogP) is 14.4. The zero-order valence-corrected chi connectivity index (χ0v) is 40.5. The summed E-state index contributed by atoms with van der Waals surface area (Å²) >= 11 is 0. The summed E-state index contributed by atoms with van der Waals surface area (Å²) in [6.45, 7) is 27.9. The Morgan fingerprint density at radius 3 is 1.22 bits per heavy atom. The van der Waals surface area contributed by atoms with Gasteiger partial charge in [0, 0.05) is 11.8 Å². The summed E-state index contributed by atoms with van der Waals surface area (Å²) in [5.41, 5.74) is 13.4. The number of methoxy groups -OCH3 is 1. The van der Waals surface area contributed by atoms with Crippen LogP contribution in [-0.4, -0.2) is 24.2 Å². The van der Waals surface area contributed by atoms with Crippen LogP contribution in [0.5, 0.6) is 11.5 Å². The number of carbonyl (C=O) groups is 2. The van der Waals surface area contributed by atoms with Gasteiger partial charge in [-0.1, -0.05) is 139 Å². The zero-order chi connectivity index (χ0) is 46.3. The van der Waals surface area contributed by atoms with Gasteiger partial charge in [-0.15, -0.1) is 0 Å². The maximum absolute atomic E-state index is 11.8. The third-order valence-corrected chi connectivity index (χ3v) is 13.3. The van der Waals surface area contributed by atoms with Gasteiger partial charge in [0.1, 0.15) is 24.7 Å². The maximum Gasteiger partial charge on any atom is 0.306 e. The highest BCUT2D eigenvalue weighted by atomic mass is 16.5. The second-order valence-corrected chi connectivity index (χ2v) is 21.1. The van der Waals surface area contributed by atoms with Crippen molar-refractivity contribution < 1.29 is 28.9 Å². The van der Waals surface area contributed by atoms with Crippen LogP contribution in [0.3, 0.4) is 0 Å². The maximum atomic E-state index is 11.8. The first-order valence-electron chi connectivity index (χ1n) is 22.8. The van der Waals surface area contributed by atoms with Crippen molar-refractivity contribution in [2.75, 3.05) is 7.11 Å². The number of hydrogen-bond donors (Lipinski definition) is 1. The second-order valence-electron chi connectivity index (χ2n) is 21.1. The summed E-state index contributed by atoms with van der Waals surface area (Å²) in [6, 6.07) is 29.5. The Morgan fingerprint density at radius 1 is 0.540 bits per heavy atom. The summed E-state index contributed by atoms with van der Waals surface area (Å²) in [7, 11) is 1.43. The molecule has 0 saturated heterocycles. The Bertz CT molecular complexity index is 2260. The number of benzene rings is 4. The Kier molecular flexibility index (Phi) is 15.7. The van der Waals surface area contributed by atoms with E-state index in [4.69, 9.17) is 14.2 Å². The Balaban J connectivity index is 0.000000238. The van der Waals surface area contributed by atoms with Crippen molar-refractivity contribution in [3.05, 3.63) is 153 Å². The molecule has 2 aliphatic carbocycles. The fourth-order valence-electron chi connectivity index (χ4n) is 9.21. The molecule has 0 aliphatic heterocycles. The monoisotopic (exact) mass is 855 g/mol. The molecule has 63 heavy (non-hydrogen) atoms. The van der Waals surface area contributed by atoms with E-state index in [2.05, 4.69) is 97.9 Å². The number of aliphatic carboxylic acids is 1. The standard InChI is InChI=1S/C29H38O3.C28H36O3/c1-20(2)16-23(18-27(30)31-7)22-9-11-24(12-10-22)32-19-21-8-13-25-26(17-21)29(5,6)15-14-28(25,3)4;1-19(2)15-22(17-26(29)30)21-8-10-23(11-9-21)31-18-20-7-12-24-25(16-20)28(5,6)14-13-27(24,3)4/h8-13,16-17,23H,14-15,18-19H2,1-7H3;7-12,15-16,22H,13-14,17-18H2,1-6H3,(H,29,30)/t23-;22-/m00/s1. The average Bonchev–Trinajstić information content (AvgIpc) is 3.22. The molecule has 338 valence electrons. The molecule has 2 aliphatic rings. The molecular formula is C57H74O6. The molecule has 2 atom stereocenters. The molecule has 6 nitrogen and oxygen atoms in total. The van der Waals surface area contributed by atoms with Gasteiger partial charge in [-0.05, 0) is 144 Å². The number of carbonyl (C=O) groups excluding carboxylic acids is 1. The minimum atomic E-state index is -0.790. The van der Waals surface area contributed by atoms with Crippen LogP contribution in [-0.2, 0) is 49.2 Å². The number of carboxylic acids is 1. The Morgan fingerprint density at radius 2 is 0.889 bits per heavy atom. The minimum absolute atomic E-state index is 0.00716. The molecule has 4 aromatic rings. The van der Waals surface area contributed by atoms with E-state index in [1.54, 1.807) is 0 Å². The molecule has 0 radical (unpaired) electrons. The minimum Gasteiger partial charge on any atom is -0.489 e. The molecule has 0 aromatic heterocycles. The van der Waals surface area contributed by atoms with Crippen LogP contribution < -0.4 is 9.47 Å². The lowest BCUT2D eigenvalue weighted by Gasteiger charge is -2.42. The van der Waals surface area contributed by atoms with Crippen molar-refractivity contribution in [2.45, 2.75) is 168 Å². The van der Waals surface area contributed by atoms with Gasteiger partial charge in [-0.25, -0.2) is 0 Å². The van der Waals surface area contributed by atoms with Crippen molar-refractivity contribution in [2.24, 2.45) is 0 Å². The molecule has 1 N–H and O–H groups in total. The van der Waals surface area contributed by atoms with Crippen molar-refractivity contribution in [3.63, 3.8) is 0 Å². The Hall–Kier alpha value is -5.10. The molecule has 0 bridgehead atoms. The van der Waals surface area contributed by atoms with Gasteiger partial charge in [0.05, 0.1) is 20.0 Å². The van der Waals surface area contributed by atoms with Crippen LogP contribution in [0, 0.1) is 0 Å². The van der Waals surface area contributed by atoms with Crippen molar-refractivity contribution in [1.82, 2.24) is 0 Å². The lowest BCUT2D eigenvalue weighted by atomic mass is 9.63. The lowest BCUT2D eigenvalue weighted by molar-refractivity contribution is -0.141. The number of esters is 1. The van der Waals surface area contributed by atoms with Crippen LogP contribution in [0.1, 0.15) is 178 Å². The molecule has 0 saturated carbocycles. The highest BCUT2D eigenvalue weighted by Crippen LogP contribution is 2.47. The number of carboxylic acid groups (broad SMARTS) is 1. The third-order valence-electron chi connectivity index (χ3n) is 13.3. The van der Waals surface area contributed by atoms with E-state index in [1.807, 2.05) is 82.3 Å². The van der Waals surface area contributed by atoms with Crippen LogP contribution in [0.25, 0.3) is 0 Å². The zero-order valence-electron chi connectivity index (χ0n) is 40.5. The molecule has 4 aromatic carbocycles. The molecule has 0 fully saturated rings. The topological polar surface area (TPSA) is 82.1 Å². The summed E-state index contributed by atoms with van der Waals surface area (Å²) in [6.07, 6.45) is 9.39. The second kappa shape index (κ2) is 20.2. The highest BCUT2D eigenvalue weighted by molar-refractivity contribution is 5.71. The number of fused-ring (bicyclic) bond motifs is 2. The van der Waals surface area contributed by atoms with Crippen LogP contribution in [0.2, 0.25) is 0 Å². The smallest absolute Gasteiger partial charge is 0.306 e. The van der Waals surface area contributed by atoms with Crippen LogP contribution in [0.4, 0.5) is 0 Å². The van der Waals surface area contributed by atoms with E-state index in [0.717, 1.165) is 28.2 Å². The summed E-state index contributed by atoms with van der Waals surface area (Å²) in [5.74, 6) is 0.524. The number of hydrogen-bond acceptors (Lipinski definition) is 5. The summed E-state index contributed by atoms with van der Waals surface area (Å²) < 4.78 is 17.1. The molecule has 0 heterocycles. The van der Waals surface area contributed by atoms with Gasteiger partial charge in [0.25, 0.3) is 0 Å².